The van der Waals surface area contributed by atoms with Crippen LogP contribution in [0, 0.1) is 5.41 Å². The number of fused-ring (bicyclic) bond motifs is 1. The standard InChI is InChI=1S/C20H32O9/c1-22-3-5-24-7-8-26-11-12-28-18-14-20(15-21)13-17(20)19(18)29-16-27-10-9-25-6-4-23-2/h13,15H,3-12,14,16H2,1-2H3. The summed E-state index contributed by atoms with van der Waals surface area (Å²) in [6.07, 6.45) is 3.31. The molecule has 166 valence electrons. The Balaban J connectivity index is 1.60. The Bertz CT molecular complexity index is 546. The quantitative estimate of drug-likeness (QED) is 0.164. The highest BCUT2D eigenvalue weighted by Gasteiger charge is 2.54. The summed E-state index contributed by atoms with van der Waals surface area (Å²) in [6.45, 7) is 4.92. The molecule has 0 spiro atoms. The number of ether oxygens (including phenoxy) is 8. The van der Waals surface area contributed by atoms with Gasteiger partial charge in [-0.2, -0.15) is 0 Å². The summed E-state index contributed by atoms with van der Waals surface area (Å²) < 4.78 is 42.8. The van der Waals surface area contributed by atoms with Crippen LogP contribution in [0.15, 0.2) is 23.2 Å². The summed E-state index contributed by atoms with van der Waals surface area (Å²) in [6, 6.07) is 0. The molecule has 0 fully saturated rings. The average molecular weight is 416 g/mol. The van der Waals surface area contributed by atoms with Crippen LogP contribution in [0.3, 0.4) is 0 Å². The fourth-order valence-electron chi connectivity index (χ4n) is 2.76. The van der Waals surface area contributed by atoms with Crippen LogP contribution in [0.4, 0.5) is 0 Å². The summed E-state index contributed by atoms with van der Waals surface area (Å²) in [5.74, 6) is 1.26. The van der Waals surface area contributed by atoms with Gasteiger partial charge in [0, 0.05) is 26.2 Å². The Hall–Kier alpha value is -1.49. The molecule has 0 aromatic rings. The van der Waals surface area contributed by atoms with E-state index in [9.17, 15) is 4.79 Å². The molecule has 9 heteroatoms. The van der Waals surface area contributed by atoms with E-state index in [4.69, 9.17) is 37.9 Å². The number of hydrogen-bond donors (Lipinski definition) is 0. The summed E-state index contributed by atoms with van der Waals surface area (Å²) >= 11 is 0. The molecular formula is C20H32O9. The normalized spacial score (nSPS) is 19.9. The maximum Gasteiger partial charge on any atom is 0.189 e. The van der Waals surface area contributed by atoms with Crippen molar-refractivity contribution in [2.24, 2.45) is 5.41 Å². The topological polar surface area (TPSA) is 90.9 Å². The minimum Gasteiger partial charge on any atom is -0.492 e. The van der Waals surface area contributed by atoms with Gasteiger partial charge < -0.3 is 42.7 Å². The van der Waals surface area contributed by atoms with E-state index in [1.807, 2.05) is 6.08 Å². The van der Waals surface area contributed by atoms with Gasteiger partial charge >= 0.3 is 0 Å². The maximum atomic E-state index is 11.4. The molecule has 2 aliphatic rings. The fraction of sp³-hybridized carbons (Fsp3) is 0.750. The molecule has 9 nitrogen and oxygen atoms in total. The number of methoxy groups -OCH3 is 2. The fourth-order valence-corrected chi connectivity index (χ4v) is 2.76. The first-order valence-electron chi connectivity index (χ1n) is 9.75. The molecule has 0 aromatic carbocycles. The summed E-state index contributed by atoms with van der Waals surface area (Å²) in [5, 5.41) is 0. The Labute approximate surface area is 171 Å². The second kappa shape index (κ2) is 13.7. The van der Waals surface area contributed by atoms with Gasteiger partial charge in [0.2, 0.25) is 0 Å². The molecule has 1 atom stereocenters. The van der Waals surface area contributed by atoms with Gasteiger partial charge in [0.05, 0.1) is 64.9 Å². The molecule has 2 rings (SSSR count). The second-order valence-electron chi connectivity index (χ2n) is 6.49. The van der Waals surface area contributed by atoms with E-state index in [-0.39, 0.29) is 6.79 Å². The van der Waals surface area contributed by atoms with Crippen LogP contribution in [-0.2, 0) is 42.7 Å². The van der Waals surface area contributed by atoms with Crippen LogP contribution in [0.2, 0.25) is 0 Å². The van der Waals surface area contributed by atoms with Crippen LogP contribution >= 0.6 is 0 Å². The zero-order valence-corrected chi connectivity index (χ0v) is 17.3. The van der Waals surface area contributed by atoms with Crippen molar-refractivity contribution in [3.8, 4) is 0 Å². The van der Waals surface area contributed by atoms with E-state index >= 15 is 0 Å². The van der Waals surface area contributed by atoms with Gasteiger partial charge in [0.1, 0.15) is 18.7 Å². The second-order valence-corrected chi connectivity index (χ2v) is 6.49. The first kappa shape index (κ1) is 23.8. The van der Waals surface area contributed by atoms with E-state index in [0.717, 1.165) is 11.9 Å². The molecule has 1 unspecified atom stereocenters. The minimum absolute atomic E-state index is 0.0669. The maximum absolute atomic E-state index is 11.4. The number of carbonyl (C=O) groups is 1. The molecular weight excluding hydrogens is 384 g/mol. The first-order chi connectivity index (χ1) is 14.3. The molecule has 0 radical (unpaired) electrons. The van der Waals surface area contributed by atoms with Gasteiger partial charge in [-0.1, -0.05) is 6.08 Å². The summed E-state index contributed by atoms with van der Waals surface area (Å²) in [5.41, 5.74) is 0.319. The lowest BCUT2D eigenvalue weighted by molar-refractivity contribution is -0.111. The van der Waals surface area contributed by atoms with Crippen LogP contribution in [0.25, 0.3) is 0 Å². The van der Waals surface area contributed by atoms with Crippen molar-refractivity contribution in [2.75, 3.05) is 87.1 Å². The van der Waals surface area contributed by atoms with E-state index in [2.05, 4.69) is 0 Å². The highest BCUT2D eigenvalue weighted by molar-refractivity contribution is 5.83. The lowest BCUT2D eigenvalue weighted by Crippen LogP contribution is -2.12. The smallest absolute Gasteiger partial charge is 0.189 e. The third kappa shape index (κ3) is 8.04. The van der Waals surface area contributed by atoms with Crippen molar-refractivity contribution in [3.05, 3.63) is 23.2 Å². The molecule has 0 saturated carbocycles. The van der Waals surface area contributed by atoms with Gasteiger partial charge in [0.15, 0.2) is 12.6 Å². The van der Waals surface area contributed by atoms with Gasteiger partial charge in [-0.05, 0) is 0 Å². The van der Waals surface area contributed by atoms with Crippen molar-refractivity contribution < 1.29 is 42.7 Å². The van der Waals surface area contributed by atoms with Crippen molar-refractivity contribution in [1.29, 1.82) is 0 Å². The van der Waals surface area contributed by atoms with Crippen molar-refractivity contribution in [2.45, 2.75) is 6.42 Å². The third-order valence-electron chi connectivity index (χ3n) is 4.38. The summed E-state index contributed by atoms with van der Waals surface area (Å²) in [4.78, 5) is 11.4. The number of rotatable bonds is 20. The lowest BCUT2D eigenvalue weighted by Gasteiger charge is -2.13. The molecule has 0 aliphatic heterocycles. The number of carbonyl (C=O) groups excluding carboxylic acids is 1. The number of allylic oxidation sites excluding steroid dienone is 3. The first-order valence-corrected chi connectivity index (χ1v) is 9.75. The van der Waals surface area contributed by atoms with E-state index in [0.29, 0.717) is 84.0 Å². The minimum atomic E-state index is -0.552. The molecule has 0 saturated heterocycles. The van der Waals surface area contributed by atoms with Crippen LogP contribution < -0.4 is 0 Å². The highest BCUT2D eigenvalue weighted by atomic mass is 16.7. The molecule has 0 amide bonds. The molecule has 0 heterocycles. The zero-order valence-electron chi connectivity index (χ0n) is 17.3. The van der Waals surface area contributed by atoms with Crippen molar-refractivity contribution in [1.82, 2.24) is 0 Å². The van der Waals surface area contributed by atoms with Gasteiger partial charge in [-0.25, -0.2) is 0 Å². The summed E-state index contributed by atoms with van der Waals surface area (Å²) in [7, 11) is 3.26. The van der Waals surface area contributed by atoms with Crippen LogP contribution in [0.5, 0.6) is 0 Å². The van der Waals surface area contributed by atoms with E-state index < -0.39 is 5.41 Å². The molecule has 0 bridgehead atoms. The van der Waals surface area contributed by atoms with Crippen LogP contribution in [-0.4, -0.2) is 93.4 Å². The molecule has 2 aliphatic carbocycles. The Morgan fingerprint density at radius 2 is 1.34 bits per heavy atom. The molecule has 0 N–H and O–H groups in total. The average Bonchev–Trinajstić information content (AvgIpc) is 3.37. The van der Waals surface area contributed by atoms with Crippen molar-refractivity contribution in [3.63, 3.8) is 0 Å². The monoisotopic (exact) mass is 416 g/mol. The van der Waals surface area contributed by atoms with Gasteiger partial charge in [-0.15, -0.1) is 0 Å². The predicted octanol–water partition coefficient (Wildman–Crippen LogP) is 1.08. The predicted molar refractivity (Wildman–Crippen MR) is 102 cm³/mol. The highest BCUT2D eigenvalue weighted by Crippen LogP contribution is 2.58. The SMILES string of the molecule is COCCOCCOCCOC1=C(OCOCCOCCOC)C2=CC2(C=O)C1. The largest absolute Gasteiger partial charge is 0.492 e. The molecule has 29 heavy (non-hydrogen) atoms. The van der Waals surface area contributed by atoms with E-state index in [1.165, 1.54) is 0 Å². The zero-order chi connectivity index (χ0) is 20.8. The third-order valence-corrected chi connectivity index (χ3v) is 4.38. The lowest BCUT2D eigenvalue weighted by atomic mass is 10.0. The Kier molecular flexibility index (Phi) is 11.2. The van der Waals surface area contributed by atoms with Gasteiger partial charge in [-0.3, -0.25) is 0 Å². The number of hydrogen-bond acceptors (Lipinski definition) is 9. The Morgan fingerprint density at radius 1 is 0.793 bits per heavy atom. The van der Waals surface area contributed by atoms with Crippen molar-refractivity contribution >= 4 is 6.29 Å². The van der Waals surface area contributed by atoms with Gasteiger partial charge in [0.25, 0.3) is 0 Å². The van der Waals surface area contributed by atoms with Crippen LogP contribution in [0.1, 0.15) is 6.42 Å². The number of aldehydes is 1. The molecule has 0 aromatic heterocycles. The van der Waals surface area contributed by atoms with E-state index in [1.54, 1.807) is 14.2 Å². The Morgan fingerprint density at radius 3 is 1.93 bits per heavy atom.